The van der Waals surface area contributed by atoms with Gasteiger partial charge < -0.3 is 15.0 Å². The number of carbonyl (C=O) groups is 1. The van der Waals surface area contributed by atoms with E-state index < -0.39 is 17.6 Å². The van der Waals surface area contributed by atoms with E-state index >= 15 is 0 Å². The van der Waals surface area contributed by atoms with Gasteiger partial charge in [-0.2, -0.15) is 13.2 Å². The first-order chi connectivity index (χ1) is 15.3. The Morgan fingerprint density at radius 2 is 1.69 bits per heavy atom. The lowest BCUT2D eigenvalue weighted by molar-refractivity contribution is -0.137. The Morgan fingerprint density at radius 3 is 2.41 bits per heavy atom. The van der Waals surface area contributed by atoms with Crippen LogP contribution in [0.2, 0.25) is 0 Å². The summed E-state index contributed by atoms with van der Waals surface area (Å²) < 4.78 is 45.2. The number of ether oxygens (including phenoxy) is 1. The summed E-state index contributed by atoms with van der Waals surface area (Å²) in [4.78, 5) is 14.6. The highest BCUT2D eigenvalue weighted by Gasteiger charge is 2.31. The van der Waals surface area contributed by atoms with E-state index in [1.807, 2.05) is 35.2 Å². The number of halogens is 3. The van der Waals surface area contributed by atoms with Gasteiger partial charge in [0.1, 0.15) is 0 Å². The third kappa shape index (κ3) is 5.00. The zero-order chi connectivity index (χ0) is 22.7. The van der Waals surface area contributed by atoms with Gasteiger partial charge in [0.25, 0.3) is 5.91 Å². The van der Waals surface area contributed by atoms with Crippen molar-refractivity contribution in [3.05, 3.63) is 71.8 Å². The standard InChI is InChI=1S/C23H20F3N3O2S/c24-23(25,26)18-7-8-20(29-9-11-31-12-10-29)19(14-18)27-22(32)28-21(30)17-6-5-15-3-1-2-4-16(15)13-17/h1-8,13-14H,9-12H2,(H2,27,28,30,32). The van der Waals surface area contributed by atoms with Crippen LogP contribution in [0.1, 0.15) is 15.9 Å². The van der Waals surface area contributed by atoms with Crippen molar-refractivity contribution in [1.82, 2.24) is 5.32 Å². The minimum Gasteiger partial charge on any atom is -0.378 e. The highest BCUT2D eigenvalue weighted by Crippen LogP contribution is 2.35. The second kappa shape index (κ2) is 9.13. The number of nitrogens with one attached hydrogen (secondary N) is 2. The van der Waals surface area contributed by atoms with Crippen LogP contribution < -0.4 is 15.5 Å². The molecule has 0 atom stereocenters. The van der Waals surface area contributed by atoms with Crippen LogP contribution in [0.5, 0.6) is 0 Å². The van der Waals surface area contributed by atoms with Crippen LogP contribution in [-0.4, -0.2) is 37.3 Å². The number of rotatable bonds is 3. The molecule has 1 heterocycles. The van der Waals surface area contributed by atoms with Crippen LogP contribution in [-0.2, 0) is 10.9 Å². The predicted octanol–water partition coefficient (Wildman–Crippen LogP) is 4.82. The van der Waals surface area contributed by atoms with Crippen LogP contribution in [0.3, 0.4) is 0 Å². The first kappa shape index (κ1) is 22.0. The maximum atomic E-state index is 13.3. The molecule has 5 nitrogen and oxygen atoms in total. The number of alkyl halides is 3. The number of nitrogens with zero attached hydrogens (tertiary/aromatic N) is 1. The van der Waals surface area contributed by atoms with Crippen LogP contribution in [0.4, 0.5) is 24.5 Å². The van der Waals surface area contributed by atoms with E-state index in [9.17, 15) is 18.0 Å². The number of hydrogen-bond donors (Lipinski definition) is 2. The molecule has 4 rings (SSSR count). The highest BCUT2D eigenvalue weighted by molar-refractivity contribution is 7.80. The summed E-state index contributed by atoms with van der Waals surface area (Å²) in [5, 5.41) is 7.13. The van der Waals surface area contributed by atoms with E-state index in [1.165, 1.54) is 6.07 Å². The molecule has 166 valence electrons. The van der Waals surface area contributed by atoms with Crippen LogP contribution in [0, 0.1) is 0 Å². The van der Waals surface area contributed by atoms with Gasteiger partial charge in [0.05, 0.1) is 30.2 Å². The summed E-state index contributed by atoms with van der Waals surface area (Å²) in [5.41, 5.74) is 0.320. The van der Waals surface area contributed by atoms with Gasteiger partial charge >= 0.3 is 6.18 Å². The van der Waals surface area contributed by atoms with Gasteiger partial charge in [-0.15, -0.1) is 0 Å². The van der Waals surface area contributed by atoms with Gasteiger partial charge in [-0.25, -0.2) is 0 Å². The largest absolute Gasteiger partial charge is 0.416 e. The van der Waals surface area contributed by atoms with Crippen molar-refractivity contribution in [1.29, 1.82) is 0 Å². The van der Waals surface area contributed by atoms with Crippen molar-refractivity contribution in [2.24, 2.45) is 0 Å². The summed E-state index contributed by atoms with van der Waals surface area (Å²) in [6.45, 7) is 2.03. The maximum absolute atomic E-state index is 13.3. The van der Waals surface area contributed by atoms with Gasteiger partial charge in [0.15, 0.2) is 5.11 Å². The van der Waals surface area contributed by atoms with Gasteiger partial charge in [-0.1, -0.05) is 30.3 Å². The third-order valence-corrected chi connectivity index (χ3v) is 5.37. The SMILES string of the molecule is O=C(NC(=S)Nc1cc(C(F)(F)F)ccc1N1CCOCC1)c1ccc2ccccc2c1. The molecule has 9 heteroatoms. The average molecular weight is 459 g/mol. The lowest BCUT2D eigenvalue weighted by Crippen LogP contribution is -2.38. The minimum atomic E-state index is -4.50. The van der Waals surface area contributed by atoms with Crippen LogP contribution in [0.15, 0.2) is 60.7 Å². The minimum absolute atomic E-state index is 0.0861. The summed E-state index contributed by atoms with van der Waals surface area (Å²) >= 11 is 5.24. The molecule has 0 unspecified atom stereocenters. The van der Waals surface area contributed by atoms with Crippen molar-refractivity contribution in [2.75, 3.05) is 36.5 Å². The van der Waals surface area contributed by atoms with E-state index in [0.717, 1.165) is 22.9 Å². The maximum Gasteiger partial charge on any atom is 0.416 e. The van der Waals surface area contributed by atoms with Crippen molar-refractivity contribution in [3.8, 4) is 0 Å². The summed E-state index contributed by atoms with van der Waals surface area (Å²) in [6, 6.07) is 16.3. The molecule has 0 aliphatic carbocycles. The number of benzene rings is 3. The molecular formula is C23H20F3N3O2S. The second-order valence-electron chi connectivity index (χ2n) is 7.30. The van der Waals surface area contributed by atoms with Gasteiger partial charge in [0, 0.05) is 18.7 Å². The van der Waals surface area contributed by atoms with Crippen molar-refractivity contribution in [3.63, 3.8) is 0 Å². The third-order valence-electron chi connectivity index (χ3n) is 5.16. The molecule has 1 fully saturated rings. The Morgan fingerprint density at radius 1 is 0.969 bits per heavy atom. The van der Waals surface area contributed by atoms with Crippen LogP contribution in [0.25, 0.3) is 10.8 Å². The van der Waals surface area contributed by atoms with Gasteiger partial charge in [-0.05, 0) is 53.3 Å². The molecule has 1 amide bonds. The van der Waals surface area contributed by atoms with E-state index in [2.05, 4.69) is 10.6 Å². The lowest BCUT2D eigenvalue weighted by Gasteiger charge is -2.31. The fraction of sp³-hybridized carbons (Fsp3) is 0.217. The number of amides is 1. The molecule has 1 aliphatic heterocycles. The molecule has 0 saturated carbocycles. The smallest absolute Gasteiger partial charge is 0.378 e. The highest BCUT2D eigenvalue weighted by atomic mass is 32.1. The van der Waals surface area contributed by atoms with Crippen molar-refractivity contribution >= 4 is 45.4 Å². The summed E-state index contributed by atoms with van der Waals surface area (Å²) in [7, 11) is 0. The Bertz CT molecular complexity index is 1160. The number of fused-ring (bicyclic) bond motifs is 1. The Hall–Kier alpha value is -3.17. The molecule has 32 heavy (non-hydrogen) atoms. The Kier molecular flexibility index (Phi) is 6.29. The average Bonchev–Trinajstić information content (AvgIpc) is 2.78. The molecule has 3 aromatic rings. The van der Waals surface area contributed by atoms with E-state index in [1.54, 1.807) is 12.1 Å². The van der Waals surface area contributed by atoms with E-state index in [4.69, 9.17) is 17.0 Å². The van der Waals surface area contributed by atoms with E-state index in [0.29, 0.717) is 37.6 Å². The molecular weight excluding hydrogens is 439 g/mol. The molecule has 1 aliphatic rings. The molecule has 0 aromatic heterocycles. The first-order valence-electron chi connectivity index (χ1n) is 9.96. The number of thiocarbonyl (C=S) groups is 1. The molecule has 0 radical (unpaired) electrons. The molecule has 0 bridgehead atoms. The number of anilines is 2. The Balaban J connectivity index is 1.54. The normalized spacial score (nSPS) is 14.3. The zero-order valence-corrected chi connectivity index (χ0v) is 17.7. The Labute approximate surface area is 188 Å². The molecule has 1 saturated heterocycles. The quantitative estimate of drug-likeness (QED) is 0.550. The lowest BCUT2D eigenvalue weighted by atomic mass is 10.1. The summed E-state index contributed by atoms with van der Waals surface area (Å²) in [6.07, 6.45) is -4.50. The molecule has 3 aromatic carbocycles. The first-order valence-corrected chi connectivity index (χ1v) is 10.4. The number of morpholine rings is 1. The van der Waals surface area contributed by atoms with Crippen LogP contribution >= 0.6 is 12.2 Å². The van der Waals surface area contributed by atoms with Gasteiger partial charge in [-0.3, -0.25) is 10.1 Å². The molecule has 0 spiro atoms. The second-order valence-corrected chi connectivity index (χ2v) is 7.71. The predicted molar refractivity (Wildman–Crippen MR) is 122 cm³/mol. The van der Waals surface area contributed by atoms with Gasteiger partial charge in [0.2, 0.25) is 0 Å². The fourth-order valence-electron chi connectivity index (χ4n) is 3.55. The summed E-state index contributed by atoms with van der Waals surface area (Å²) in [5.74, 6) is -0.451. The number of carbonyl (C=O) groups excluding carboxylic acids is 1. The van der Waals surface area contributed by atoms with E-state index in [-0.39, 0.29) is 10.8 Å². The topological polar surface area (TPSA) is 53.6 Å². The fourth-order valence-corrected chi connectivity index (χ4v) is 3.75. The molecule has 2 N–H and O–H groups in total. The van der Waals surface area contributed by atoms with Crippen molar-refractivity contribution in [2.45, 2.75) is 6.18 Å². The monoisotopic (exact) mass is 459 g/mol. The number of hydrogen-bond acceptors (Lipinski definition) is 4. The zero-order valence-electron chi connectivity index (χ0n) is 16.9. The van der Waals surface area contributed by atoms with Crippen molar-refractivity contribution < 1.29 is 22.7 Å².